The summed E-state index contributed by atoms with van der Waals surface area (Å²) >= 11 is 0. The van der Waals surface area contributed by atoms with Gasteiger partial charge in [0.2, 0.25) is 0 Å². The van der Waals surface area contributed by atoms with E-state index in [4.69, 9.17) is 9.72 Å². The molecule has 1 aliphatic heterocycles. The lowest BCUT2D eigenvalue weighted by atomic mass is 10.0. The Balaban J connectivity index is 1.45. The molecule has 33 heavy (non-hydrogen) atoms. The van der Waals surface area contributed by atoms with Crippen LogP contribution >= 0.6 is 0 Å². The number of nitrogens with one attached hydrogen (secondary N) is 1. The highest BCUT2D eigenvalue weighted by Gasteiger charge is 2.56. The van der Waals surface area contributed by atoms with E-state index in [1.54, 1.807) is 0 Å². The SMILES string of the molecule is CC1CC1(NC(=O)c1ccc(F)cc1)c1ccc2c(n1)C1CC1CN2C(=C=O)OC(C)(C)C. The second-order valence-electron chi connectivity index (χ2n) is 10.5. The number of anilines is 1. The Morgan fingerprint density at radius 2 is 1.94 bits per heavy atom. The topological polar surface area (TPSA) is 71.5 Å². The first kappa shape index (κ1) is 21.7. The summed E-state index contributed by atoms with van der Waals surface area (Å²) in [5, 5.41) is 3.15. The van der Waals surface area contributed by atoms with Crippen molar-refractivity contribution in [1.82, 2.24) is 10.3 Å². The van der Waals surface area contributed by atoms with Gasteiger partial charge >= 0.3 is 0 Å². The smallest absolute Gasteiger partial charge is 0.283 e. The molecular formula is C26H28FN3O3. The maximum Gasteiger partial charge on any atom is 0.283 e. The van der Waals surface area contributed by atoms with E-state index in [2.05, 4.69) is 12.2 Å². The van der Waals surface area contributed by atoms with Crippen molar-refractivity contribution in [2.75, 3.05) is 11.4 Å². The molecular weight excluding hydrogens is 421 g/mol. The number of ether oxygens (including phenoxy) is 1. The fraction of sp³-hybridized carbons (Fsp3) is 0.462. The normalized spacial score (nSPS) is 27.1. The highest BCUT2D eigenvalue weighted by molar-refractivity contribution is 5.95. The predicted octanol–water partition coefficient (Wildman–Crippen LogP) is 4.30. The molecule has 1 amide bonds. The molecule has 3 aliphatic rings. The first-order valence-electron chi connectivity index (χ1n) is 11.4. The van der Waals surface area contributed by atoms with Crippen molar-refractivity contribution >= 4 is 17.5 Å². The van der Waals surface area contributed by atoms with Gasteiger partial charge in [-0.05, 0) is 81.8 Å². The molecule has 4 unspecified atom stereocenters. The fourth-order valence-corrected chi connectivity index (χ4v) is 4.84. The first-order chi connectivity index (χ1) is 15.6. The van der Waals surface area contributed by atoms with Crippen LogP contribution in [0.1, 0.15) is 68.2 Å². The van der Waals surface area contributed by atoms with Crippen LogP contribution in [0.5, 0.6) is 0 Å². The third-order valence-electron chi connectivity index (χ3n) is 6.83. The zero-order valence-electron chi connectivity index (χ0n) is 19.3. The molecule has 0 radical (unpaired) electrons. The van der Waals surface area contributed by atoms with Crippen molar-refractivity contribution < 1.29 is 18.7 Å². The Bertz CT molecular complexity index is 1170. The Labute approximate surface area is 192 Å². The molecule has 7 heteroatoms. The highest BCUT2D eigenvalue weighted by Crippen LogP contribution is 2.57. The molecule has 4 atom stereocenters. The van der Waals surface area contributed by atoms with Crippen LogP contribution in [0, 0.1) is 17.7 Å². The zero-order chi connectivity index (χ0) is 23.5. The number of hydrogen-bond acceptors (Lipinski definition) is 5. The molecule has 0 spiro atoms. The number of aromatic nitrogens is 1. The van der Waals surface area contributed by atoms with Gasteiger partial charge in [0.25, 0.3) is 11.8 Å². The van der Waals surface area contributed by atoms with Crippen molar-refractivity contribution in [1.29, 1.82) is 0 Å². The Morgan fingerprint density at radius 3 is 2.55 bits per heavy atom. The molecule has 2 aliphatic carbocycles. The number of carbonyl (C=O) groups is 1. The van der Waals surface area contributed by atoms with Crippen LogP contribution in [0.4, 0.5) is 10.1 Å². The lowest BCUT2D eigenvalue weighted by molar-refractivity contribution is 0.0500. The number of pyridine rings is 1. The summed E-state index contributed by atoms with van der Waals surface area (Å²) in [7, 11) is 0. The Morgan fingerprint density at radius 1 is 1.24 bits per heavy atom. The second-order valence-corrected chi connectivity index (χ2v) is 10.5. The zero-order valence-corrected chi connectivity index (χ0v) is 19.3. The lowest BCUT2D eigenvalue weighted by Crippen LogP contribution is -2.38. The number of amides is 1. The van der Waals surface area contributed by atoms with E-state index in [0.29, 0.717) is 23.9 Å². The van der Waals surface area contributed by atoms with Crippen molar-refractivity contribution in [2.24, 2.45) is 11.8 Å². The second kappa shape index (κ2) is 7.42. The van der Waals surface area contributed by atoms with Crippen LogP contribution in [0.25, 0.3) is 0 Å². The number of benzene rings is 1. The number of nitrogens with zero attached hydrogens (tertiary/aromatic N) is 2. The molecule has 172 valence electrons. The van der Waals surface area contributed by atoms with Gasteiger partial charge < -0.3 is 15.0 Å². The molecule has 2 saturated carbocycles. The van der Waals surface area contributed by atoms with Gasteiger partial charge in [0.05, 0.1) is 22.6 Å². The number of carbonyl (C=O) groups excluding carboxylic acids is 2. The highest BCUT2D eigenvalue weighted by atomic mass is 19.1. The first-order valence-corrected chi connectivity index (χ1v) is 11.4. The molecule has 6 nitrogen and oxygen atoms in total. The molecule has 2 aromatic rings. The van der Waals surface area contributed by atoms with Crippen molar-refractivity contribution in [3.05, 3.63) is 65.0 Å². The van der Waals surface area contributed by atoms with Gasteiger partial charge in [-0.25, -0.2) is 9.18 Å². The average Bonchev–Trinajstić information content (AvgIpc) is 3.67. The average molecular weight is 450 g/mol. The number of rotatable bonds is 5. The van der Waals surface area contributed by atoms with Gasteiger partial charge in [0, 0.05) is 18.0 Å². The molecule has 1 N–H and O–H groups in total. The summed E-state index contributed by atoms with van der Waals surface area (Å²) in [4.78, 5) is 31.5. The van der Waals surface area contributed by atoms with E-state index in [1.807, 2.05) is 43.7 Å². The molecule has 0 bridgehead atoms. The van der Waals surface area contributed by atoms with Crippen LogP contribution < -0.4 is 10.2 Å². The summed E-state index contributed by atoms with van der Waals surface area (Å²) in [5.74, 6) is 2.56. The van der Waals surface area contributed by atoms with Crippen LogP contribution in [0.2, 0.25) is 0 Å². The maximum absolute atomic E-state index is 13.3. The van der Waals surface area contributed by atoms with E-state index in [9.17, 15) is 14.0 Å². The van der Waals surface area contributed by atoms with Crippen molar-refractivity contribution in [3.8, 4) is 0 Å². The van der Waals surface area contributed by atoms with E-state index in [1.165, 1.54) is 24.3 Å². The van der Waals surface area contributed by atoms with Gasteiger partial charge in [-0.1, -0.05) is 6.92 Å². The summed E-state index contributed by atoms with van der Waals surface area (Å²) in [6, 6.07) is 9.46. The number of halogens is 1. The van der Waals surface area contributed by atoms with Crippen molar-refractivity contribution in [2.45, 2.75) is 57.6 Å². The van der Waals surface area contributed by atoms with Crippen molar-refractivity contribution in [3.63, 3.8) is 0 Å². The van der Waals surface area contributed by atoms with Gasteiger partial charge in [-0.3, -0.25) is 9.78 Å². The maximum atomic E-state index is 13.3. The quantitative estimate of drug-likeness (QED) is 0.545. The molecule has 0 saturated heterocycles. The van der Waals surface area contributed by atoms with Crippen LogP contribution in [-0.2, 0) is 15.1 Å². The van der Waals surface area contributed by atoms with Gasteiger partial charge in [-0.2, -0.15) is 0 Å². The third-order valence-corrected chi connectivity index (χ3v) is 6.83. The Hall–Kier alpha value is -3.18. The standard InChI is InChI=1S/C26H28FN3O3/c1-15-12-26(15,29-24(32)16-5-7-18(27)8-6-16)21-10-9-20-23(28-21)19-11-17(19)13-30(20)22(14-31)33-25(2,3)4/h5-10,15,17,19H,11-13H2,1-4H3,(H,29,32). The molecule has 2 heterocycles. The minimum atomic E-state index is -0.543. The van der Waals surface area contributed by atoms with Crippen LogP contribution in [0.15, 0.2) is 42.3 Å². The summed E-state index contributed by atoms with van der Waals surface area (Å²) < 4.78 is 19.1. The molecule has 1 aromatic heterocycles. The van der Waals surface area contributed by atoms with Gasteiger partial charge in [0.1, 0.15) is 11.4 Å². The summed E-state index contributed by atoms with van der Waals surface area (Å²) in [5.41, 5.74) is 2.00. The van der Waals surface area contributed by atoms with E-state index in [0.717, 1.165) is 29.9 Å². The monoisotopic (exact) mass is 449 g/mol. The fourth-order valence-electron chi connectivity index (χ4n) is 4.84. The van der Waals surface area contributed by atoms with Gasteiger partial charge in [-0.15, -0.1) is 0 Å². The Kier molecular flexibility index (Phi) is 4.87. The van der Waals surface area contributed by atoms with E-state index < -0.39 is 11.1 Å². The predicted molar refractivity (Wildman–Crippen MR) is 122 cm³/mol. The van der Waals surface area contributed by atoms with Crippen LogP contribution in [0.3, 0.4) is 0 Å². The molecule has 2 fully saturated rings. The largest absolute Gasteiger partial charge is 0.465 e. The van der Waals surface area contributed by atoms with Gasteiger partial charge in [0.15, 0.2) is 5.94 Å². The number of fused-ring (bicyclic) bond motifs is 3. The summed E-state index contributed by atoms with van der Waals surface area (Å²) in [6.45, 7) is 8.50. The molecule has 5 rings (SSSR count). The number of hydrogen-bond donors (Lipinski definition) is 1. The minimum Gasteiger partial charge on any atom is -0.465 e. The van der Waals surface area contributed by atoms with Crippen LogP contribution in [-0.4, -0.2) is 29.0 Å². The minimum absolute atomic E-state index is 0.183. The third kappa shape index (κ3) is 3.91. The van der Waals surface area contributed by atoms with E-state index >= 15 is 0 Å². The summed E-state index contributed by atoms with van der Waals surface area (Å²) in [6.07, 6.45) is 1.81. The lowest BCUT2D eigenvalue weighted by Gasteiger charge is -2.33. The van der Waals surface area contributed by atoms with E-state index in [-0.39, 0.29) is 23.5 Å². The molecule has 1 aromatic carbocycles.